The number of nitrogens with zero attached hydrogens (tertiary/aromatic N) is 3. The van der Waals surface area contributed by atoms with Crippen LogP contribution >= 0.6 is 0 Å². The van der Waals surface area contributed by atoms with Crippen LogP contribution in [0.4, 0.5) is 5.69 Å². The lowest BCUT2D eigenvalue weighted by molar-refractivity contribution is -0.116. The number of aromatic carboxylic acids is 1. The summed E-state index contributed by atoms with van der Waals surface area (Å²) in [4.78, 5) is 35.3. The highest BCUT2D eigenvalue weighted by molar-refractivity contribution is 6.03. The van der Waals surface area contributed by atoms with E-state index in [1.54, 1.807) is 24.3 Å². The van der Waals surface area contributed by atoms with Crippen molar-refractivity contribution in [1.29, 1.82) is 0 Å². The van der Waals surface area contributed by atoms with Gasteiger partial charge in [-0.2, -0.15) is 0 Å². The highest BCUT2D eigenvalue weighted by atomic mass is 16.4. The lowest BCUT2D eigenvalue weighted by Crippen LogP contribution is -2.40. The van der Waals surface area contributed by atoms with Crippen molar-refractivity contribution in [2.24, 2.45) is 0 Å². The lowest BCUT2D eigenvalue weighted by Gasteiger charge is -2.21. The largest absolute Gasteiger partial charge is 0.476 e. The maximum atomic E-state index is 12.3. The van der Waals surface area contributed by atoms with E-state index < -0.39 is 17.4 Å². The molecule has 2 aromatic rings. The van der Waals surface area contributed by atoms with Crippen LogP contribution in [0.15, 0.2) is 30.5 Å². The van der Waals surface area contributed by atoms with E-state index in [0.29, 0.717) is 11.3 Å². The van der Waals surface area contributed by atoms with E-state index in [4.69, 9.17) is 5.11 Å². The van der Waals surface area contributed by atoms with Gasteiger partial charge in [0.2, 0.25) is 5.91 Å². The highest BCUT2D eigenvalue weighted by Crippen LogP contribution is 2.16. The lowest BCUT2D eigenvalue weighted by atomic mass is 10.1. The van der Waals surface area contributed by atoms with E-state index in [1.165, 1.54) is 0 Å². The second kappa shape index (κ2) is 7.12. The van der Waals surface area contributed by atoms with Gasteiger partial charge in [-0.15, -0.1) is 5.10 Å². The molecule has 0 aliphatic heterocycles. The van der Waals surface area contributed by atoms with Crippen molar-refractivity contribution in [2.45, 2.75) is 32.9 Å². The molecule has 0 spiro atoms. The molecule has 3 N–H and O–H groups in total. The molecule has 1 heterocycles. The zero-order valence-electron chi connectivity index (χ0n) is 14.1. The van der Waals surface area contributed by atoms with Crippen LogP contribution < -0.4 is 10.6 Å². The molecule has 2 amide bonds. The summed E-state index contributed by atoms with van der Waals surface area (Å²) in [6.45, 7) is 5.35. The first-order chi connectivity index (χ1) is 11.7. The minimum absolute atomic E-state index is 0.227. The van der Waals surface area contributed by atoms with Crippen molar-refractivity contribution >= 4 is 23.5 Å². The molecule has 1 aromatic carbocycles. The molecule has 0 aliphatic carbocycles. The number of benzene rings is 1. The Bertz CT molecular complexity index is 807. The van der Waals surface area contributed by atoms with Crippen LogP contribution in [0.1, 0.15) is 41.6 Å². The van der Waals surface area contributed by atoms with Gasteiger partial charge in [0.25, 0.3) is 5.91 Å². The minimum Gasteiger partial charge on any atom is -0.476 e. The average molecular weight is 345 g/mol. The van der Waals surface area contributed by atoms with Crippen LogP contribution in [0, 0.1) is 0 Å². The molecule has 2 rings (SSSR count). The summed E-state index contributed by atoms with van der Waals surface area (Å²) < 4.78 is 1.11. The van der Waals surface area contributed by atoms with Crippen LogP contribution in [0.5, 0.6) is 0 Å². The number of para-hydroxylation sites is 1. The Hall–Kier alpha value is -3.23. The standard InChI is InChI=1S/C16H19N5O4/c1-16(2,3)18-14(23)10-6-4-5-7-11(10)17-13(22)9-21-8-12(15(24)25)19-20-21/h4-8H,9H2,1-3H3,(H,17,22)(H,18,23)(H,24,25). The molecule has 0 saturated heterocycles. The maximum Gasteiger partial charge on any atom is 0.358 e. The summed E-state index contributed by atoms with van der Waals surface area (Å²) >= 11 is 0. The summed E-state index contributed by atoms with van der Waals surface area (Å²) in [5, 5.41) is 21.3. The second-order valence-electron chi connectivity index (χ2n) is 6.40. The number of hydrogen-bond donors (Lipinski definition) is 3. The minimum atomic E-state index is -1.23. The molecule has 0 bridgehead atoms. The van der Waals surface area contributed by atoms with Gasteiger partial charge in [-0.3, -0.25) is 9.59 Å². The maximum absolute atomic E-state index is 12.3. The van der Waals surface area contributed by atoms with Gasteiger partial charge in [-0.05, 0) is 32.9 Å². The first kappa shape index (κ1) is 18.1. The van der Waals surface area contributed by atoms with Crippen molar-refractivity contribution in [3.8, 4) is 0 Å². The number of nitrogens with one attached hydrogen (secondary N) is 2. The predicted molar refractivity (Wildman–Crippen MR) is 89.3 cm³/mol. The molecule has 0 saturated carbocycles. The molecule has 9 nitrogen and oxygen atoms in total. The Morgan fingerprint density at radius 2 is 1.88 bits per heavy atom. The number of carbonyl (C=O) groups is 3. The van der Waals surface area contributed by atoms with Crippen molar-refractivity contribution < 1.29 is 19.5 Å². The molecule has 132 valence electrons. The van der Waals surface area contributed by atoms with Crippen LogP contribution in [0.3, 0.4) is 0 Å². The molecular weight excluding hydrogens is 326 g/mol. The summed E-state index contributed by atoms with van der Waals surface area (Å²) in [7, 11) is 0. The number of carboxylic acid groups (broad SMARTS) is 1. The molecule has 1 aromatic heterocycles. The van der Waals surface area contributed by atoms with Crippen LogP contribution in [-0.2, 0) is 11.3 Å². The van der Waals surface area contributed by atoms with Crippen molar-refractivity contribution in [3.63, 3.8) is 0 Å². The predicted octanol–water partition coefficient (Wildman–Crippen LogP) is 1.14. The molecule has 0 radical (unpaired) electrons. The molecule has 25 heavy (non-hydrogen) atoms. The van der Waals surface area contributed by atoms with E-state index in [2.05, 4.69) is 20.9 Å². The Kier molecular flexibility index (Phi) is 5.16. The number of hydrogen-bond acceptors (Lipinski definition) is 5. The zero-order valence-corrected chi connectivity index (χ0v) is 14.1. The SMILES string of the molecule is CC(C)(C)NC(=O)c1ccccc1NC(=O)Cn1cc(C(=O)O)nn1. The summed E-state index contributed by atoms with van der Waals surface area (Å²) in [5.74, 6) is -1.99. The summed E-state index contributed by atoms with van der Waals surface area (Å²) in [5.41, 5.74) is 0.0171. The fraction of sp³-hybridized carbons (Fsp3) is 0.312. The smallest absolute Gasteiger partial charge is 0.358 e. The number of amides is 2. The van der Waals surface area contributed by atoms with Crippen molar-refractivity contribution in [3.05, 3.63) is 41.7 Å². The third-order valence-electron chi connectivity index (χ3n) is 3.00. The molecule has 0 unspecified atom stereocenters. The summed E-state index contributed by atoms with van der Waals surface area (Å²) in [6, 6.07) is 6.61. The fourth-order valence-electron chi connectivity index (χ4n) is 2.01. The monoisotopic (exact) mass is 345 g/mol. The first-order valence-corrected chi connectivity index (χ1v) is 7.50. The number of rotatable bonds is 5. The van der Waals surface area contributed by atoms with Crippen molar-refractivity contribution in [1.82, 2.24) is 20.3 Å². The van der Waals surface area contributed by atoms with E-state index >= 15 is 0 Å². The number of carboxylic acids is 1. The Morgan fingerprint density at radius 3 is 2.48 bits per heavy atom. The van der Waals surface area contributed by atoms with Gasteiger partial charge >= 0.3 is 5.97 Å². The first-order valence-electron chi connectivity index (χ1n) is 7.50. The van der Waals surface area contributed by atoms with E-state index in [0.717, 1.165) is 10.9 Å². The molecule has 9 heteroatoms. The van der Waals surface area contributed by atoms with Crippen molar-refractivity contribution in [2.75, 3.05) is 5.32 Å². The number of carbonyl (C=O) groups excluding carboxylic acids is 2. The normalized spacial score (nSPS) is 11.0. The quantitative estimate of drug-likeness (QED) is 0.746. The van der Waals surface area contributed by atoms with Crippen LogP contribution in [0.2, 0.25) is 0 Å². The fourth-order valence-corrected chi connectivity index (χ4v) is 2.01. The van der Waals surface area contributed by atoms with Gasteiger partial charge in [0, 0.05) is 5.54 Å². The average Bonchev–Trinajstić information content (AvgIpc) is 2.94. The molecular formula is C16H19N5O4. The topological polar surface area (TPSA) is 126 Å². The van der Waals surface area contributed by atoms with Gasteiger partial charge in [0.1, 0.15) is 6.54 Å². The van der Waals surface area contributed by atoms with Crippen LogP contribution in [0.25, 0.3) is 0 Å². The molecule has 0 atom stereocenters. The summed E-state index contributed by atoms with van der Waals surface area (Å²) in [6.07, 6.45) is 1.15. The third kappa shape index (κ3) is 5.13. The Labute approximate surface area is 144 Å². The van der Waals surface area contributed by atoms with Crippen LogP contribution in [-0.4, -0.2) is 43.4 Å². The van der Waals surface area contributed by atoms with Gasteiger partial charge in [0.15, 0.2) is 5.69 Å². The highest BCUT2D eigenvalue weighted by Gasteiger charge is 2.19. The van der Waals surface area contributed by atoms with E-state index in [1.807, 2.05) is 20.8 Å². The van der Waals surface area contributed by atoms with Gasteiger partial charge in [-0.25, -0.2) is 9.48 Å². The Morgan fingerprint density at radius 1 is 1.20 bits per heavy atom. The van der Waals surface area contributed by atoms with Gasteiger partial charge in [0.05, 0.1) is 17.4 Å². The molecule has 0 aliphatic rings. The Balaban J connectivity index is 2.10. The zero-order chi connectivity index (χ0) is 18.6. The van der Waals surface area contributed by atoms with E-state index in [9.17, 15) is 14.4 Å². The molecule has 0 fully saturated rings. The number of aromatic nitrogens is 3. The van der Waals surface area contributed by atoms with Gasteiger partial charge in [-0.1, -0.05) is 17.3 Å². The third-order valence-corrected chi connectivity index (χ3v) is 3.00. The second-order valence-corrected chi connectivity index (χ2v) is 6.40. The number of anilines is 1. The van der Waals surface area contributed by atoms with Gasteiger partial charge < -0.3 is 15.7 Å². The van der Waals surface area contributed by atoms with E-state index in [-0.39, 0.29) is 18.1 Å².